The van der Waals surface area contributed by atoms with E-state index in [2.05, 4.69) is 44.8 Å². The molecule has 3 aromatic rings. The van der Waals surface area contributed by atoms with Crippen LogP contribution >= 0.6 is 0 Å². The Morgan fingerprint density at radius 2 is 1.88 bits per heavy atom. The van der Waals surface area contributed by atoms with Gasteiger partial charge in [-0.3, -0.25) is 4.90 Å². The molecule has 2 aromatic heterocycles. The van der Waals surface area contributed by atoms with Crippen LogP contribution in [0.3, 0.4) is 0 Å². The second-order valence-electron chi connectivity index (χ2n) is 8.90. The Bertz CT molecular complexity index is 1090. The first-order chi connectivity index (χ1) is 16.2. The molecule has 0 radical (unpaired) electrons. The molecule has 5 rings (SSSR count). The molecule has 3 heterocycles. The van der Waals surface area contributed by atoms with Crippen molar-refractivity contribution in [2.45, 2.75) is 50.8 Å². The molecular weight excluding hydrogens is 420 g/mol. The van der Waals surface area contributed by atoms with E-state index in [0.29, 0.717) is 6.54 Å². The van der Waals surface area contributed by atoms with E-state index in [1.165, 1.54) is 5.56 Å². The van der Waals surface area contributed by atoms with E-state index >= 15 is 0 Å². The zero-order valence-electron chi connectivity index (χ0n) is 18.7. The van der Waals surface area contributed by atoms with Crippen LogP contribution in [0.4, 0.5) is 4.79 Å². The summed E-state index contributed by atoms with van der Waals surface area (Å²) in [5.41, 5.74) is 4.13. The molecule has 1 aromatic carbocycles. The summed E-state index contributed by atoms with van der Waals surface area (Å²) in [6.45, 7) is 4.82. The minimum Gasteiger partial charge on any atom is -0.450 e. The summed E-state index contributed by atoms with van der Waals surface area (Å²) < 4.78 is 12.9. The fourth-order valence-corrected chi connectivity index (χ4v) is 5.06. The quantitative estimate of drug-likeness (QED) is 0.567. The number of imidazole rings is 1. The molecule has 1 aliphatic heterocycles. The summed E-state index contributed by atoms with van der Waals surface area (Å²) in [6, 6.07) is 12.6. The topological polar surface area (TPSA) is 89.7 Å². The Hall–Kier alpha value is -2.97. The summed E-state index contributed by atoms with van der Waals surface area (Å²) in [4.78, 5) is 22.8. The number of aromatic nitrogens is 3. The number of benzene rings is 1. The molecule has 0 unspecified atom stereocenters. The van der Waals surface area contributed by atoms with Crippen molar-refractivity contribution in [3.63, 3.8) is 0 Å². The van der Waals surface area contributed by atoms with Crippen molar-refractivity contribution in [3.8, 4) is 0 Å². The van der Waals surface area contributed by atoms with Crippen LogP contribution < -0.4 is 0 Å². The molecule has 1 saturated carbocycles. The van der Waals surface area contributed by atoms with Crippen molar-refractivity contribution >= 4 is 17.3 Å². The molecule has 1 aliphatic carbocycles. The minimum atomic E-state index is -1.18. The van der Waals surface area contributed by atoms with Crippen LogP contribution in [-0.4, -0.2) is 63.1 Å². The number of carboxylic acid groups (broad SMARTS) is 1. The highest BCUT2D eigenvalue weighted by molar-refractivity contribution is 5.71. The molecule has 8 heteroatoms. The summed E-state index contributed by atoms with van der Waals surface area (Å²) in [5.74, 6) is 1.14. The van der Waals surface area contributed by atoms with Crippen LogP contribution in [0.1, 0.15) is 48.6 Å². The Morgan fingerprint density at radius 3 is 2.67 bits per heavy atom. The number of nitrogens with zero attached hydrogens (tertiary/aromatic N) is 4. The number of hydrogen-bond donors (Lipinski definition) is 1. The second kappa shape index (κ2) is 9.89. The zero-order valence-corrected chi connectivity index (χ0v) is 18.7. The molecule has 2 aliphatic rings. The van der Waals surface area contributed by atoms with Gasteiger partial charge in [-0.25, -0.2) is 14.8 Å². The molecule has 0 bridgehead atoms. The van der Waals surface area contributed by atoms with Crippen molar-refractivity contribution in [1.82, 2.24) is 19.4 Å². The number of hydrogen-bond acceptors (Lipinski definition) is 6. The third-order valence-corrected chi connectivity index (χ3v) is 6.78. The Kier molecular flexibility index (Phi) is 6.55. The van der Waals surface area contributed by atoms with E-state index in [4.69, 9.17) is 19.6 Å². The average Bonchev–Trinajstić information content (AvgIpc) is 3.17. The molecular formula is C25H30N4O4. The SMILES string of the molecule is O=C(O)O[C@@H]1CCCC[C@@H]1c1ccc(Cn2c(CN3CCOCC3)nc3ncccc32)cc1. The normalized spacial score (nSPS) is 21.8. The fourth-order valence-electron chi connectivity index (χ4n) is 5.06. The van der Waals surface area contributed by atoms with Crippen molar-refractivity contribution in [1.29, 1.82) is 0 Å². The third-order valence-electron chi connectivity index (χ3n) is 6.78. The molecule has 174 valence electrons. The average molecular weight is 451 g/mol. The lowest BCUT2D eigenvalue weighted by Gasteiger charge is -2.30. The van der Waals surface area contributed by atoms with E-state index in [1.807, 2.05) is 6.07 Å². The van der Waals surface area contributed by atoms with Gasteiger partial charge in [0, 0.05) is 31.7 Å². The lowest BCUT2D eigenvalue weighted by atomic mass is 9.81. The van der Waals surface area contributed by atoms with Gasteiger partial charge in [0.1, 0.15) is 11.9 Å². The Labute approximate surface area is 193 Å². The van der Waals surface area contributed by atoms with E-state index in [1.54, 1.807) is 6.20 Å². The van der Waals surface area contributed by atoms with Crippen molar-refractivity contribution in [3.05, 3.63) is 59.5 Å². The third kappa shape index (κ3) is 5.02. The maximum atomic E-state index is 11.1. The van der Waals surface area contributed by atoms with E-state index in [0.717, 1.165) is 81.1 Å². The highest BCUT2D eigenvalue weighted by Crippen LogP contribution is 2.35. The number of ether oxygens (including phenoxy) is 2. The molecule has 1 saturated heterocycles. The maximum absolute atomic E-state index is 11.1. The smallest absolute Gasteiger partial charge is 0.450 e. The number of rotatable bonds is 6. The Balaban J connectivity index is 1.37. The lowest BCUT2D eigenvalue weighted by Crippen LogP contribution is -2.36. The van der Waals surface area contributed by atoms with Gasteiger partial charge in [0.15, 0.2) is 5.65 Å². The number of fused-ring (bicyclic) bond motifs is 1. The summed E-state index contributed by atoms with van der Waals surface area (Å²) in [7, 11) is 0. The molecule has 0 amide bonds. The molecule has 2 fully saturated rings. The molecule has 0 spiro atoms. The fraction of sp³-hybridized carbons (Fsp3) is 0.480. The number of pyridine rings is 1. The van der Waals surface area contributed by atoms with Gasteiger partial charge in [0.25, 0.3) is 0 Å². The number of morpholine rings is 1. The summed E-state index contributed by atoms with van der Waals surface area (Å²) >= 11 is 0. The predicted molar refractivity (Wildman–Crippen MR) is 123 cm³/mol. The van der Waals surface area contributed by atoms with Crippen molar-refractivity contribution in [2.24, 2.45) is 0 Å². The largest absolute Gasteiger partial charge is 0.506 e. The zero-order chi connectivity index (χ0) is 22.6. The van der Waals surface area contributed by atoms with Crippen LogP contribution in [0.5, 0.6) is 0 Å². The van der Waals surface area contributed by atoms with Gasteiger partial charge in [-0.2, -0.15) is 0 Å². The van der Waals surface area contributed by atoms with Gasteiger partial charge < -0.3 is 19.1 Å². The summed E-state index contributed by atoms with van der Waals surface area (Å²) in [6.07, 6.45) is 4.21. The summed E-state index contributed by atoms with van der Waals surface area (Å²) in [5, 5.41) is 9.10. The highest BCUT2D eigenvalue weighted by atomic mass is 16.7. The predicted octanol–water partition coefficient (Wildman–Crippen LogP) is 4.03. The van der Waals surface area contributed by atoms with Gasteiger partial charge in [-0.05, 0) is 42.5 Å². The van der Waals surface area contributed by atoms with Crippen molar-refractivity contribution < 1.29 is 19.4 Å². The maximum Gasteiger partial charge on any atom is 0.506 e. The van der Waals surface area contributed by atoms with Crippen LogP contribution in [-0.2, 0) is 22.6 Å². The van der Waals surface area contributed by atoms with Crippen molar-refractivity contribution in [2.75, 3.05) is 26.3 Å². The van der Waals surface area contributed by atoms with Gasteiger partial charge in [-0.1, -0.05) is 30.7 Å². The molecule has 8 nitrogen and oxygen atoms in total. The van der Waals surface area contributed by atoms with Gasteiger partial charge >= 0.3 is 6.16 Å². The molecule has 1 N–H and O–H groups in total. The first kappa shape index (κ1) is 21.9. The lowest BCUT2D eigenvalue weighted by molar-refractivity contribution is 0.0249. The standard InChI is InChI=1S/C25H30N4O4/c30-25(31)33-22-6-2-1-4-20(22)19-9-7-18(8-10-19)16-29-21-5-3-11-26-24(21)27-23(29)17-28-12-14-32-15-13-28/h3,5,7-11,20,22H,1-2,4,6,12-17H2,(H,30,31)/t20-,22-/m1/s1. The molecule has 33 heavy (non-hydrogen) atoms. The van der Waals surface area contributed by atoms with Crippen LogP contribution in [0.25, 0.3) is 11.2 Å². The first-order valence-corrected chi connectivity index (χ1v) is 11.8. The Morgan fingerprint density at radius 1 is 1.09 bits per heavy atom. The van der Waals surface area contributed by atoms with E-state index in [9.17, 15) is 4.79 Å². The monoisotopic (exact) mass is 450 g/mol. The first-order valence-electron chi connectivity index (χ1n) is 11.8. The van der Waals surface area contributed by atoms with Gasteiger partial charge in [0.2, 0.25) is 0 Å². The number of carbonyl (C=O) groups is 1. The second-order valence-corrected chi connectivity index (χ2v) is 8.90. The van der Waals surface area contributed by atoms with Crippen LogP contribution in [0.15, 0.2) is 42.6 Å². The van der Waals surface area contributed by atoms with Crippen LogP contribution in [0, 0.1) is 0 Å². The van der Waals surface area contributed by atoms with E-state index < -0.39 is 6.16 Å². The van der Waals surface area contributed by atoms with Gasteiger partial charge in [0.05, 0.1) is 25.3 Å². The highest BCUT2D eigenvalue weighted by Gasteiger charge is 2.29. The van der Waals surface area contributed by atoms with E-state index in [-0.39, 0.29) is 12.0 Å². The van der Waals surface area contributed by atoms with Gasteiger partial charge in [-0.15, -0.1) is 0 Å². The minimum absolute atomic E-state index is 0.124. The van der Waals surface area contributed by atoms with Crippen LogP contribution in [0.2, 0.25) is 0 Å². The molecule has 2 atom stereocenters.